The molecule has 0 unspecified atom stereocenters. The third-order valence-electron chi connectivity index (χ3n) is 5.80. The largest absolute Gasteiger partial charge is 2.00 e. The minimum absolute atomic E-state index is 0. The van der Waals surface area contributed by atoms with E-state index < -0.39 is 11.9 Å². The van der Waals surface area contributed by atoms with Crippen LogP contribution in [0.4, 0.5) is 0 Å². The molecule has 0 aromatic carbocycles. The summed E-state index contributed by atoms with van der Waals surface area (Å²) in [5.74, 6) is -2.35. The average Bonchev–Trinajstić information content (AvgIpc) is 2.93. The van der Waals surface area contributed by atoms with Gasteiger partial charge in [0.05, 0.1) is 11.9 Å². The van der Waals surface area contributed by atoms with E-state index in [1.807, 2.05) is 36.5 Å². The molecule has 0 aliphatic rings. The molecule has 0 radical (unpaired) electrons. The third-order valence-corrected chi connectivity index (χ3v) is 5.80. The van der Waals surface area contributed by atoms with E-state index in [-0.39, 0.29) is 48.9 Å². The van der Waals surface area contributed by atoms with Gasteiger partial charge in [-0.25, -0.2) is 0 Å². The van der Waals surface area contributed by atoms with Crippen molar-refractivity contribution in [2.45, 2.75) is 117 Å². The molecule has 0 aliphatic carbocycles. The topological polar surface area (TPSA) is 80.3 Å². The summed E-state index contributed by atoms with van der Waals surface area (Å²) in [4.78, 5) is 20.1. The number of carboxylic acids is 2. The Balaban J connectivity index is -0.000000688. The summed E-state index contributed by atoms with van der Waals surface area (Å²) in [5, 5.41) is 20.1. The second-order valence-corrected chi connectivity index (χ2v) is 9.57. The number of carboxylic acid groups (broad SMARTS) is 2. The zero-order chi connectivity index (χ0) is 29.8. The van der Waals surface area contributed by atoms with Gasteiger partial charge in [-0.15, -0.1) is 0 Å². The van der Waals surface area contributed by atoms with Crippen molar-refractivity contribution >= 4 is 60.8 Å². The fourth-order valence-corrected chi connectivity index (χ4v) is 3.57. The summed E-state index contributed by atoms with van der Waals surface area (Å²) in [6.07, 6.45) is 48.9. The van der Waals surface area contributed by atoms with Crippen molar-refractivity contribution in [1.29, 1.82) is 0 Å². The van der Waals surface area contributed by atoms with E-state index in [9.17, 15) is 19.8 Å². The van der Waals surface area contributed by atoms with Crippen LogP contribution in [0.3, 0.4) is 0 Å². The van der Waals surface area contributed by atoms with Gasteiger partial charge in [0.15, 0.2) is 0 Å². The molecule has 0 bridgehead atoms. The maximum atomic E-state index is 10.1. The summed E-state index contributed by atoms with van der Waals surface area (Å²) in [6.45, 7) is 4.49. The molecule has 0 aliphatic heterocycles. The molecule has 0 fully saturated rings. The Morgan fingerprint density at radius 3 is 1.00 bits per heavy atom. The Morgan fingerprint density at radius 1 is 0.415 bits per heavy atom. The van der Waals surface area contributed by atoms with Gasteiger partial charge in [0.2, 0.25) is 0 Å². The Hall–Kier alpha value is -1.57. The number of hydrogen-bond acceptors (Lipinski definition) is 4. The van der Waals surface area contributed by atoms with Crippen LogP contribution in [-0.4, -0.2) is 60.8 Å². The quantitative estimate of drug-likeness (QED) is 0.0449. The molecule has 41 heavy (non-hydrogen) atoms. The monoisotopic (exact) mass is 688 g/mol. The number of carbonyl (C=O) groups excluding carboxylic acids is 2. The molecule has 0 aromatic rings. The number of aliphatic carboxylic acids is 2. The summed E-state index contributed by atoms with van der Waals surface area (Å²) in [6, 6.07) is 0. The standard InChI is InChI=1S/2C18H28O2.Ba/c2*1-2-3-4-5-6-7-8-9-10-11-12-13-14-15-16-17-18(19)20;/h2*10-17H,2-9H2,1H3,(H,19,20);/q;;+2/p-2. The van der Waals surface area contributed by atoms with Crippen LogP contribution >= 0.6 is 0 Å². The molecule has 0 rings (SSSR count). The molecule has 0 heterocycles. The van der Waals surface area contributed by atoms with E-state index in [4.69, 9.17) is 0 Å². The first kappa shape index (κ1) is 43.9. The summed E-state index contributed by atoms with van der Waals surface area (Å²) in [5.41, 5.74) is 0. The van der Waals surface area contributed by atoms with Crippen LogP contribution in [0.25, 0.3) is 0 Å². The van der Waals surface area contributed by atoms with Crippen LogP contribution in [0.5, 0.6) is 0 Å². The van der Waals surface area contributed by atoms with E-state index >= 15 is 0 Å². The molecular formula is C36H54BaO4. The van der Waals surface area contributed by atoms with Gasteiger partial charge < -0.3 is 19.8 Å². The minimum atomic E-state index is -1.17. The molecule has 4 nitrogen and oxygen atoms in total. The van der Waals surface area contributed by atoms with Gasteiger partial charge in [-0.2, -0.15) is 0 Å². The van der Waals surface area contributed by atoms with Crippen molar-refractivity contribution < 1.29 is 19.8 Å². The first-order valence-corrected chi connectivity index (χ1v) is 15.3. The van der Waals surface area contributed by atoms with E-state index in [2.05, 4.69) is 26.0 Å². The molecule has 5 heteroatoms. The number of rotatable bonds is 24. The maximum absolute atomic E-state index is 10.1. The summed E-state index contributed by atoms with van der Waals surface area (Å²) < 4.78 is 0. The van der Waals surface area contributed by atoms with E-state index in [1.54, 1.807) is 24.3 Å². The second-order valence-electron chi connectivity index (χ2n) is 9.57. The van der Waals surface area contributed by atoms with Crippen LogP contribution in [0.1, 0.15) is 117 Å². The molecule has 0 amide bonds. The first-order valence-electron chi connectivity index (χ1n) is 15.3. The molecule has 0 spiro atoms. The molecule has 0 N–H and O–H groups in total. The SMILES string of the molecule is CCCCCCCCCC=CC=CC=CC=CC(=O)[O-].CCCCCCCCCC=CC=CC=CC=CC(=O)[O-].[Ba+2]. The van der Waals surface area contributed by atoms with Gasteiger partial charge in [0.1, 0.15) is 0 Å². The summed E-state index contributed by atoms with van der Waals surface area (Å²) >= 11 is 0. The smallest absolute Gasteiger partial charge is 0.545 e. The predicted molar refractivity (Wildman–Crippen MR) is 174 cm³/mol. The average molecular weight is 688 g/mol. The van der Waals surface area contributed by atoms with Gasteiger partial charge in [0, 0.05) is 0 Å². The van der Waals surface area contributed by atoms with Crippen molar-refractivity contribution in [1.82, 2.24) is 0 Å². The molecule has 0 saturated carbocycles. The van der Waals surface area contributed by atoms with Crippen molar-refractivity contribution in [2.75, 3.05) is 0 Å². The second kappa shape index (κ2) is 40.6. The van der Waals surface area contributed by atoms with Crippen LogP contribution in [0.2, 0.25) is 0 Å². The van der Waals surface area contributed by atoms with Crippen molar-refractivity contribution in [2.24, 2.45) is 0 Å². The molecule has 0 atom stereocenters. The Labute approximate surface area is 291 Å². The Morgan fingerprint density at radius 2 is 0.683 bits per heavy atom. The zero-order valence-corrected chi connectivity index (χ0v) is 30.3. The first-order chi connectivity index (χ1) is 19.5. The van der Waals surface area contributed by atoms with E-state index in [0.29, 0.717) is 0 Å². The van der Waals surface area contributed by atoms with Gasteiger partial charge in [-0.1, -0.05) is 176 Å². The number of allylic oxidation sites excluding steroid dienone is 14. The third kappa shape index (κ3) is 48.5. The zero-order valence-electron chi connectivity index (χ0n) is 25.9. The van der Waals surface area contributed by atoms with Crippen LogP contribution in [0.15, 0.2) is 97.2 Å². The fourth-order valence-electron chi connectivity index (χ4n) is 3.57. The van der Waals surface area contributed by atoms with Gasteiger partial charge in [-0.3, -0.25) is 0 Å². The Bertz CT molecular complexity index is 745. The van der Waals surface area contributed by atoms with Crippen LogP contribution in [-0.2, 0) is 9.59 Å². The van der Waals surface area contributed by atoms with Crippen LogP contribution in [0, 0.1) is 0 Å². The van der Waals surface area contributed by atoms with Gasteiger partial charge in [-0.05, 0) is 37.8 Å². The van der Waals surface area contributed by atoms with Gasteiger partial charge >= 0.3 is 48.9 Å². The summed E-state index contributed by atoms with van der Waals surface area (Å²) in [7, 11) is 0. The van der Waals surface area contributed by atoms with Crippen molar-refractivity contribution in [3.8, 4) is 0 Å². The normalized spacial score (nSPS) is 12.1. The predicted octanol–water partition coefficient (Wildman–Crippen LogP) is 7.82. The minimum Gasteiger partial charge on any atom is -0.545 e. The van der Waals surface area contributed by atoms with Crippen molar-refractivity contribution in [3.63, 3.8) is 0 Å². The van der Waals surface area contributed by atoms with E-state index in [1.165, 1.54) is 102 Å². The Kier molecular flexibility index (Phi) is 43.4. The van der Waals surface area contributed by atoms with Gasteiger partial charge in [0.25, 0.3) is 0 Å². The molecule has 0 saturated heterocycles. The van der Waals surface area contributed by atoms with Crippen LogP contribution < -0.4 is 10.2 Å². The number of hydrogen-bond donors (Lipinski definition) is 0. The maximum Gasteiger partial charge on any atom is 2.00 e. The van der Waals surface area contributed by atoms with Crippen molar-refractivity contribution in [3.05, 3.63) is 97.2 Å². The molecular weight excluding hydrogens is 634 g/mol. The number of unbranched alkanes of at least 4 members (excludes halogenated alkanes) is 14. The number of carbonyl (C=O) groups is 2. The van der Waals surface area contributed by atoms with E-state index in [0.717, 1.165) is 25.0 Å². The molecule has 0 aromatic heterocycles. The molecule has 224 valence electrons. The fraction of sp³-hybridized carbons (Fsp3) is 0.500.